The van der Waals surface area contributed by atoms with E-state index in [0.29, 0.717) is 59.3 Å². The van der Waals surface area contributed by atoms with Gasteiger partial charge in [0.05, 0.1) is 18.2 Å². The van der Waals surface area contributed by atoms with Crippen LogP contribution in [-0.2, 0) is 9.59 Å². The van der Waals surface area contributed by atoms with Crippen LogP contribution in [0, 0.1) is 17.0 Å². The largest absolute Gasteiger partial charge is 0.493 e. The fourth-order valence-corrected chi connectivity index (χ4v) is 7.07. The number of halogens is 2. The van der Waals surface area contributed by atoms with Gasteiger partial charge in [0, 0.05) is 41.1 Å². The van der Waals surface area contributed by atoms with Crippen LogP contribution in [0.1, 0.15) is 38.5 Å². The summed E-state index contributed by atoms with van der Waals surface area (Å²) in [6, 6.07) is 15.1. The van der Waals surface area contributed by atoms with E-state index < -0.39 is 28.9 Å². The molecule has 9 nitrogen and oxygen atoms in total. The van der Waals surface area contributed by atoms with E-state index in [1.54, 1.807) is 25.4 Å². The van der Waals surface area contributed by atoms with Gasteiger partial charge in [-0.2, -0.15) is 11.8 Å². The second kappa shape index (κ2) is 13.2. The number of amides is 2. The normalized spacial score (nSPS) is 17.7. The van der Waals surface area contributed by atoms with Gasteiger partial charge in [-0.25, -0.2) is 8.78 Å². The number of fused-ring (bicyclic) bond motifs is 1. The van der Waals surface area contributed by atoms with Crippen molar-refractivity contribution in [1.29, 1.82) is 0 Å². The first-order valence-electron chi connectivity index (χ1n) is 16.1. The molecule has 2 saturated carbocycles. The van der Waals surface area contributed by atoms with Crippen molar-refractivity contribution in [1.82, 2.24) is 10.3 Å². The second-order valence-electron chi connectivity index (χ2n) is 12.7. The quantitative estimate of drug-likeness (QED) is 0.137. The van der Waals surface area contributed by atoms with E-state index in [4.69, 9.17) is 14.2 Å². The fourth-order valence-electron chi connectivity index (χ4n) is 5.96. The molecule has 48 heavy (non-hydrogen) atoms. The third kappa shape index (κ3) is 6.91. The van der Waals surface area contributed by atoms with Gasteiger partial charge in [-0.05, 0) is 98.6 Å². The third-order valence-corrected chi connectivity index (χ3v) is 10.3. The molecule has 2 amide bonds. The number of aromatic nitrogens is 1. The lowest BCUT2D eigenvalue weighted by atomic mass is 10.0. The number of nitrogens with one attached hydrogen (secondary N) is 3. The van der Waals surface area contributed by atoms with Gasteiger partial charge in [0.1, 0.15) is 23.6 Å². The predicted octanol–water partition coefficient (Wildman–Crippen LogP) is 7.07. The van der Waals surface area contributed by atoms with E-state index in [1.807, 2.05) is 17.8 Å². The van der Waals surface area contributed by atoms with Gasteiger partial charge in [-0.15, -0.1) is 0 Å². The Labute approximate surface area is 281 Å². The molecule has 250 valence electrons. The Hall–Kier alpha value is -4.42. The molecule has 1 aliphatic heterocycles. The number of rotatable bonds is 12. The lowest BCUT2D eigenvalue weighted by molar-refractivity contribution is -0.131. The van der Waals surface area contributed by atoms with Crippen LogP contribution in [0.3, 0.4) is 0 Å². The summed E-state index contributed by atoms with van der Waals surface area (Å²) in [5.74, 6) is 1.60. The second-order valence-corrected chi connectivity index (χ2v) is 13.9. The van der Waals surface area contributed by atoms with Crippen molar-refractivity contribution in [3.05, 3.63) is 78.5 Å². The molecule has 12 heteroatoms. The third-order valence-electron chi connectivity index (χ3n) is 9.21. The molecule has 3 aliphatic rings. The van der Waals surface area contributed by atoms with E-state index in [9.17, 15) is 14.0 Å². The lowest BCUT2D eigenvalue weighted by Crippen LogP contribution is -2.45. The number of ether oxygens (including phenoxy) is 3. The fraction of sp³-hybridized carbons (Fsp3) is 0.361. The van der Waals surface area contributed by atoms with Crippen LogP contribution in [0.15, 0.2) is 66.9 Å². The van der Waals surface area contributed by atoms with Crippen molar-refractivity contribution < 1.29 is 32.6 Å². The highest BCUT2D eigenvalue weighted by molar-refractivity contribution is 7.99. The molecule has 0 spiro atoms. The average Bonchev–Trinajstić information content (AvgIpc) is 4.03. The average molecular weight is 675 g/mol. The molecule has 2 heterocycles. The Morgan fingerprint density at radius 2 is 1.56 bits per heavy atom. The van der Waals surface area contributed by atoms with Crippen molar-refractivity contribution in [2.24, 2.45) is 5.41 Å². The molecule has 0 bridgehead atoms. The maximum atomic E-state index is 15.3. The maximum Gasteiger partial charge on any atom is 0.240 e. The zero-order valence-electron chi connectivity index (χ0n) is 26.4. The molecule has 0 atom stereocenters. The number of carbonyl (C=O) groups is 2. The number of thioether (sulfide) groups is 1. The molecule has 3 fully saturated rings. The molecule has 4 aromatic rings. The summed E-state index contributed by atoms with van der Waals surface area (Å²) in [7, 11) is 1.57. The molecule has 0 radical (unpaired) electrons. The first kappa shape index (κ1) is 32.1. The van der Waals surface area contributed by atoms with E-state index >= 15 is 4.39 Å². The van der Waals surface area contributed by atoms with Crippen LogP contribution >= 0.6 is 11.8 Å². The van der Waals surface area contributed by atoms with Crippen molar-refractivity contribution in [2.75, 3.05) is 35.9 Å². The number of hydrogen-bond donors (Lipinski definition) is 3. The Balaban J connectivity index is 1.02. The van der Waals surface area contributed by atoms with Gasteiger partial charge in [0.2, 0.25) is 11.8 Å². The van der Waals surface area contributed by atoms with Crippen LogP contribution in [0.5, 0.6) is 23.0 Å². The number of benzene rings is 3. The van der Waals surface area contributed by atoms with Crippen molar-refractivity contribution in [3.63, 3.8) is 0 Å². The van der Waals surface area contributed by atoms with Crippen LogP contribution in [0.25, 0.3) is 10.9 Å². The molecule has 1 aromatic heterocycles. The summed E-state index contributed by atoms with van der Waals surface area (Å²) in [6.45, 7) is 0.531. The molecule has 1 saturated heterocycles. The topological polar surface area (TPSA) is 111 Å². The van der Waals surface area contributed by atoms with Crippen molar-refractivity contribution in [2.45, 2.75) is 50.1 Å². The van der Waals surface area contributed by atoms with Crippen LogP contribution in [0.4, 0.5) is 20.2 Å². The zero-order valence-corrected chi connectivity index (χ0v) is 27.3. The molecule has 7 rings (SSSR count). The number of pyridine rings is 1. The van der Waals surface area contributed by atoms with Gasteiger partial charge in [-0.1, -0.05) is 0 Å². The molecule has 0 unspecified atom stereocenters. The maximum absolute atomic E-state index is 15.3. The van der Waals surface area contributed by atoms with Crippen LogP contribution in [-0.4, -0.2) is 53.6 Å². The zero-order chi connectivity index (χ0) is 33.3. The summed E-state index contributed by atoms with van der Waals surface area (Å²) in [5.41, 5.74) is -0.125. The molecule has 3 N–H and O–H groups in total. The van der Waals surface area contributed by atoms with Gasteiger partial charge >= 0.3 is 0 Å². The van der Waals surface area contributed by atoms with E-state index in [-0.39, 0.29) is 17.0 Å². The van der Waals surface area contributed by atoms with Crippen LogP contribution in [0.2, 0.25) is 0 Å². The number of anilines is 2. The Morgan fingerprint density at radius 1 is 0.854 bits per heavy atom. The standard InChI is InChI=1S/C36H36F2N4O5S/c1-45-31-19-26-28(20-32(31)46-21-35(11-12-35)42-24-9-16-48-17-10-24)39-15-8-29(26)47-30-7-6-25(18-27(30)38)41-34(44)36(13-14-36)33(43)40-23-4-2-22(37)3-5-23/h2-8,15,18-20,24,42H,9-14,16-17,21H2,1H3,(H,40,43)(H,41,44). The number of nitrogens with zero attached hydrogens (tertiary/aromatic N) is 1. The van der Waals surface area contributed by atoms with E-state index in [0.717, 1.165) is 18.9 Å². The Bertz CT molecular complexity index is 1840. The van der Waals surface area contributed by atoms with Gasteiger partial charge in [-0.3, -0.25) is 14.6 Å². The minimum Gasteiger partial charge on any atom is -0.493 e. The minimum absolute atomic E-state index is 0.0101. The van der Waals surface area contributed by atoms with Gasteiger partial charge in [0.15, 0.2) is 23.1 Å². The van der Waals surface area contributed by atoms with Gasteiger partial charge in [0.25, 0.3) is 0 Å². The summed E-state index contributed by atoms with van der Waals surface area (Å²) in [6.07, 6.45) is 6.77. The van der Waals surface area contributed by atoms with Crippen LogP contribution < -0.4 is 30.2 Å². The molecular formula is C36H36F2N4O5S. The lowest BCUT2D eigenvalue weighted by Gasteiger charge is -2.28. The highest BCUT2D eigenvalue weighted by atomic mass is 32.2. The summed E-state index contributed by atoms with van der Waals surface area (Å²) in [4.78, 5) is 30.5. The predicted molar refractivity (Wildman–Crippen MR) is 181 cm³/mol. The van der Waals surface area contributed by atoms with Crippen molar-refractivity contribution >= 4 is 45.9 Å². The number of carbonyl (C=O) groups excluding carboxylic acids is 2. The molecular weight excluding hydrogens is 638 g/mol. The van der Waals surface area contributed by atoms with E-state index in [2.05, 4.69) is 20.9 Å². The monoisotopic (exact) mass is 674 g/mol. The molecule has 3 aromatic carbocycles. The number of hydrogen-bond acceptors (Lipinski definition) is 8. The Morgan fingerprint density at radius 3 is 2.23 bits per heavy atom. The number of methoxy groups -OCH3 is 1. The SMILES string of the molecule is COc1cc2c(Oc3ccc(NC(=O)C4(C(=O)Nc5ccc(F)cc5)CC4)cc3F)ccnc2cc1OCC1(NC2CCSCC2)CC1. The minimum atomic E-state index is -1.28. The van der Waals surface area contributed by atoms with Gasteiger partial charge < -0.3 is 30.2 Å². The highest BCUT2D eigenvalue weighted by Crippen LogP contribution is 2.48. The summed E-state index contributed by atoms with van der Waals surface area (Å²) in [5, 5.41) is 9.75. The van der Waals surface area contributed by atoms with E-state index in [1.165, 1.54) is 60.7 Å². The Kier molecular flexibility index (Phi) is 8.86. The smallest absolute Gasteiger partial charge is 0.240 e. The summed E-state index contributed by atoms with van der Waals surface area (Å²) >= 11 is 2.01. The van der Waals surface area contributed by atoms with Crippen molar-refractivity contribution in [3.8, 4) is 23.0 Å². The first-order valence-corrected chi connectivity index (χ1v) is 17.2. The summed E-state index contributed by atoms with van der Waals surface area (Å²) < 4.78 is 46.5. The first-order chi connectivity index (χ1) is 23.3. The molecule has 2 aliphatic carbocycles. The highest BCUT2D eigenvalue weighted by Gasteiger charge is 2.56.